The van der Waals surface area contributed by atoms with Crippen molar-refractivity contribution in [3.05, 3.63) is 41.6 Å². The van der Waals surface area contributed by atoms with Gasteiger partial charge in [-0.3, -0.25) is 0 Å². The third kappa shape index (κ3) is 3.36. The Bertz CT molecular complexity index is 660. The second kappa shape index (κ2) is 6.62. The SMILES string of the molecule is C=CCn1c(C)nnc1SCc1cc(C)c(C(=O)OC)o1. The maximum atomic E-state index is 11.5. The molecule has 0 unspecified atom stereocenters. The average molecular weight is 307 g/mol. The second-order valence-corrected chi connectivity index (χ2v) is 5.38. The van der Waals surface area contributed by atoms with Crippen LogP contribution in [-0.2, 0) is 17.0 Å². The summed E-state index contributed by atoms with van der Waals surface area (Å²) in [5, 5.41) is 8.97. The number of thioether (sulfide) groups is 1. The lowest BCUT2D eigenvalue weighted by Crippen LogP contribution is -2.00. The molecule has 6 nitrogen and oxygen atoms in total. The van der Waals surface area contributed by atoms with Crippen molar-refractivity contribution in [3.8, 4) is 0 Å². The predicted octanol–water partition coefficient (Wildman–Crippen LogP) is 2.75. The number of aromatic nitrogens is 3. The second-order valence-electron chi connectivity index (χ2n) is 4.43. The summed E-state index contributed by atoms with van der Waals surface area (Å²) in [5.74, 6) is 1.88. The largest absolute Gasteiger partial charge is 0.463 e. The molecule has 0 amide bonds. The van der Waals surface area contributed by atoms with Crippen molar-refractivity contribution < 1.29 is 13.9 Å². The first-order valence-corrected chi connectivity index (χ1v) is 7.36. The van der Waals surface area contributed by atoms with Gasteiger partial charge in [0.2, 0.25) is 5.76 Å². The van der Waals surface area contributed by atoms with Crippen molar-refractivity contribution in [3.63, 3.8) is 0 Å². The minimum Gasteiger partial charge on any atom is -0.463 e. The summed E-state index contributed by atoms with van der Waals surface area (Å²) < 4.78 is 12.2. The van der Waals surface area contributed by atoms with Crippen LogP contribution in [0.5, 0.6) is 0 Å². The quantitative estimate of drug-likeness (QED) is 0.464. The normalized spacial score (nSPS) is 10.6. The molecule has 0 bridgehead atoms. The highest BCUT2D eigenvalue weighted by molar-refractivity contribution is 7.98. The van der Waals surface area contributed by atoms with E-state index in [1.54, 1.807) is 6.08 Å². The average Bonchev–Trinajstić information content (AvgIpc) is 3.01. The van der Waals surface area contributed by atoms with E-state index in [0.717, 1.165) is 16.5 Å². The van der Waals surface area contributed by atoms with E-state index in [0.29, 0.717) is 18.1 Å². The predicted molar refractivity (Wildman–Crippen MR) is 79.3 cm³/mol. The number of allylic oxidation sites excluding steroid dienone is 1. The molecule has 0 saturated heterocycles. The smallest absolute Gasteiger partial charge is 0.374 e. The Hall–Kier alpha value is -2.02. The standard InChI is InChI=1S/C14H17N3O3S/c1-5-6-17-10(3)15-16-14(17)21-8-11-7-9(2)12(20-11)13(18)19-4/h5,7H,1,6,8H2,2-4H3. The Morgan fingerprint density at radius 3 is 2.95 bits per heavy atom. The van der Waals surface area contributed by atoms with Crippen molar-refractivity contribution in [2.75, 3.05) is 7.11 Å². The number of furan rings is 1. The molecule has 0 atom stereocenters. The van der Waals surface area contributed by atoms with Gasteiger partial charge < -0.3 is 13.7 Å². The number of carbonyl (C=O) groups is 1. The Balaban J connectivity index is 2.10. The van der Waals surface area contributed by atoms with Crippen LogP contribution in [-0.4, -0.2) is 27.8 Å². The van der Waals surface area contributed by atoms with Crippen LogP contribution >= 0.6 is 11.8 Å². The van der Waals surface area contributed by atoms with Crippen LogP contribution < -0.4 is 0 Å². The molecular formula is C14H17N3O3S. The van der Waals surface area contributed by atoms with E-state index in [-0.39, 0.29) is 5.76 Å². The van der Waals surface area contributed by atoms with Crippen molar-refractivity contribution >= 4 is 17.7 Å². The highest BCUT2D eigenvalue weighted by Crippen LogP contribution is 2.25. The van der Waals surface area contributed by atoms with Gasteiger partial charge in [-0.1, -0.05) is 17.8 Å². The van der Waals surface area contributed by atoms with Gasteiger partial charge in [0.25, 0.3) is 0 Å². The number of esters is 1. The lowest BCUT2D eigenvalue weighted by atomic mass is 10.3. The Morgan fingerprint density at radius 1 is 1.52 bits per heavy atom. The minimum atomic E-state index is -0.464. The molecular weight excluding hydrogens is 290 g/mol. The van der Waals surface area contributed by atoms with Gasteiger partial charge in [-0.25, -0.2) is 4.79 Å². The molecule has 0 N–H and O–H groups in total. The maximum Gasteiger partial charge on any atom is 0.374 e. The van der Waals surface area contributed by atoms with Crippen molar-refractivity contribution in [1.29, 1.82) is 0 Å². The number of rotatable bonds is 6. The van der Waals surface area contributed by atoms with Gasteiger partial charge >= 0.3 is 5.97 Å². The molecule has 2 aromatic rings. The fraction of sp³-hybridized carbons (Fsp3) is 0.357. The molecule has 112 valence electrons. The zero-order chi connectivity index (χ0) is 15.4. The maximum absolute atomic E-state index is 11.5. The molecule has 0 aliphatic rings. The van der Waals surface area contributed by atoms with E-state index in [9.17, 15) is 4.79 Å². The molecule has 2 heterocycles. The van der Waals surface area contributed by atoms with E-state index >= 15 is 0 Å². The van der Waals surface area contributed by atoms with Gasteiger partial charge in [-0.2, -0.15) is 0 Å². The van der Waals surface area contributed by atoms with Crippen LogP contribution in [0.3, 0.4) is 0 Å². The first-order valence-electron chi connectivity index (χ1n) is 6.38. The van der Waals surface area contributed by atoms with E-state index in [4.69, 9.17) is 4.42 Å². The Labute approximate surface area is 127 Å². The summed E-state index contributed by atoms with van der Waals surface area (Å²) in [6.45, 7) is 8.09. The highest BCUT2D eigenvalue weighted by Gasteiger charge is 2.17. The van der Waals surface area contributed by atoms with Crippen molar-refractivity contribution in [2.24, 2.45) is 0 Å². The lowest BCUT2D eigenvalue weighted by Gasteiger charge is -2.03. The number of hydrogen-bond acceptors (Lipinski definition) is 6. The molecule has 0 aliphatic heterocycles. The number of methoxy groups -OCH3 is 1. The summed E-state index contributed by atoms with van der Waals surface area (Å²) in [4.78, 5) is 11.5. The van der Waals surface area contributed by atoms with E-state index in [2.05, 4.69) is 21.5 Å². The fourth-order valence-corrected chi connectivity index (χ4v) is 2.73. The molecule has 0 aliphatic carbocycles. The molecule has 0 aromatic carbocycles. The van der Waals surface area contributed by atoms with Crippen LogP contribution in [0, 0.1) is 13.8 Å². The van der Waals surface area contributed by atoms with Crippen LogP contribution in [0.15, 0.2) is 28.3 Å². The van der Waals surface area contributed by atoms with Crippen LogP contribution in [0.1, 0.15) is 27.7 Å². The van der Waals surface area contributed by atoms with Crippen LogP contribution in [0.4, 0.5) is 0 Å². The van der Waals surface area contributed by atoms with Gasteiger partial charge in [-0.05, 0) is 19.9 Å². The molecule has 0 fully saturated rings. The van der Waals surface area contributed by atoms with Gasteiger partial charge in [0.05, 0.1) is 12.9 Å². The minimum absolute atomic E-state index is 0.247. The van der Waals surface area contributed by atoms with Crippen LogP contribution in [0.2, 0.25) is 0 Å². The van der Waals surface area contributed by atoms with Crippen LogP contribution in [0.25, 0.3) is 0 Å². The van der Waals surface area contributed by atoms with E-state index in [1.165, 1.54) is 18.9 Å². The number of aryl methyl sites for hydroxylation is 2. The summed E-state index contributed by atoms with van der Waals surface area (Å²) in [5.41, 5.74) is 0.765. The van der Waals surface area contributed by atoms with Gasteiger partial charge in [-0.15, -0.1) is 16.8 Å². The van der Waals surface area contributed by atoms with Crippen molar-refractivity contribution in [2.45, 2.75) is 31.3 Å². The fourth-order valence-electron chi connectivity index (χ4n) is 1.86. The number of hydrogen-bond donors (Lipinski definition) is 0. The monoisotopic (exact) mass is 307 g/mol. The molecule has 0 saturated carbocycles. The molecule has 2 rings (SSSR count). The van der Waals surface area contributed by atoms with Gasteiger partial charge in [0.15, 0.2) is 5.16 Å². The zero-order valence-corrected chi connectivity index (χ0v) is 13.1. The molecule has 2 aromatic heterocycles. The summed E-state index contributed by atoms with van der Waals surface area (Å²) in [6.07, 6.45) is 1.80. The van der Waals surface area contributed by atoms with Crippen molar-refractivity contribution in [1.82, 2.24) is 14.8 Å². The van der Waals surface area contributed by atoms with E-state index < -0.39 is 5.97 Å². The third-order valence-corrected chi connectivity index (χ3v) is 3.89. The first-order chi connectivity index (χ1) is 10.1. The zero-order valence-electron chi connectivity index (χ0n) is 12.3. The molecule has 0 spiro atoms. The molecule has 21 heavy (non-hydrogen) atoms. The van der Waals surface area contributed by atoms with Gasteiger partial charge in [0.1, 0.15) is 11.6 Å². The van der Waals surface area contributed by atoms with Gasteiger partial charge in [0, 0.05) is 12.1 Å². The Kier molecular flexibility index (Phi) is 4.85. The topological polar surface area (TPSA) is 70.2 Å². The summed E-state index contributed by atoms with van der Waals surface area (Å²) >= 11 is 1.50. The lowest BCUT2D eigenvalue weighted by molar-refractivity contribution is 0.0562. The molecule has 0 radical (unpaired) electrons. The summed E-state index contributed by atoms with van der Waals surface area (Å²) in [7, 11) is 1.33. The third-order valence-electron chi connectivity index (χ3n) is 2.90. The molecule has 7 heteroatoms. The summed E-state index contributed by atoms with van der Waals surface area (Å²) in [6, 6.07) is 1.83. The number of ether oxygens (including phenoxy) is 1. The Morgan fingerprint density at radius 2 is 2.29 bits per heavy atom. The highest BCUT2D eigenvalue weighted by atomic mass is 32.2. The number of carbonyl (C=O) groups excluding carboxylic acids is 1. The van der Waals surface area contributed by atoms with E-state index in [1.807, 2.05) is 24.5 Å². The first kappa shape index (κ1) is 15.4. The number of nitrogens with zero attached hydrogens (tertiary/aromatic N) is 3.